The maximum atomic E-state index is 9.77. The van der Waals surface area contributed by atoms with E-state index in [0.29, 0.717) is 11.7 Å². The molecule has 0 saturated carbocycles. The fourth-order valence-corrected chi connectivity index (χ4v) is 2.31. The van der Waals surface area contributed by atoms with Crippen LogP contribution < -0.4 is 4.74 Å². The lowest BCUT2D eigenvalue weighted by Gasteiger charge is -2.17. The third-order valence-electron chi connectivity index (χ3n) is 3.41. The van der Waals surface area contributed by atoms with Gasteiger partial charge in [0.1, 0.15) is 5.75 Å². The van der Waals surface area contributed by atoms with Gasteiger partial charge in [0.25, 0.3) is 0 Å². The first-order valence-corrected chi connectivity index (χ1v) is 6.51. The summed E-state index contributed by atoms with van der Waals surface area (Å²) in [5, 5.41) is 9.77. The van der Waals surface area contributed by atoms with Gasteiger partial charge in [0.05, 0.1) is 14.2 Å². The molecule has 19 heavy (non-hydrogen) atoms. The Labute approximate surface area is 114 Å². The van der Waals surface area contributed by atoms with Crippen LogP contribution in [0.2, 0.25) is 0 Å². The van der Waals surface area contributed by atoms with E-state index in [9.17, 15) is 5.11 Å². The molecule has 102 valence electrons. The van der Waals surface area contributed by atoms with Gasteiger partial charge < -0.3 is 14.6 Å². The lowest BCUT2D eigenvalue weighted by molar-refractivity contribution is 0.246. The van der Waals surface area contributed by atoms with Crippen LogP contribution in [0.15, 0.2) is 47.9 Å². The van der Waals surface area contributed by atoms with Crippen molar-refractivity contribution in [1.29, 1.82) is 0 Å². The third kappa shape index (κ3) is 3.53. The van der Waals surface area contributed by atoms with E-state index in [1.54, 1.807) is 14.2 Å². The van der Waals surface area contributed by atoms with Gasteiger partial charge in [-0.2, -0.15) is 0 Å². The molecule has 1 aliphatic carbocycles. The maximum absolute atomic E-state index is 9.77. The Kier molecular flexibility index (Phi) is 4.50. The number of aliphatic hydroxyl groups is 1. The number of methoxy groups -OCH3 is 2. The Bertz CT molecular complexity index is 489. The molecule has 0 aromatic heterocycles. The van der Waals surface area contributed by atoms with E-state index in [2.05, 4.69) is 12.1 Å². The van der Waals surface area contributed by atoms with E-state index in [1.165, 1.54) is 5.56 Å². The summed E-state index contributed by atoms with van der Waals surface area (Å²) in [6.07, 6.45) is 6.73. The summed E-state index contributed by atoms with van der Waals surface area (Å²) in [5.74, 6) is 2.09. The Morgan fingerprint density at radius 2 is 2.11 bits per heavy atom. The molecular weight excluding hydrogens is 240 g/mol. The van der Waals surface area contributed by atoms with E-state index in [4.69, 9.17) is 9.47 Å². The molecule has 0 fully saturated rings. The molecule has 0 heterocycles. The molecule has 0 radical (unpaired) electrons. The zero-order valence-electron chi connectivity index (χ0n) is 11.4. The molecule has 0 spiro atoms. The van der Waals surface area contributed by atoms with E-state index in [1.807, 2.05) is 24.3 Å². The maximum Gasteiger partial charge on any atom is 0.156 e. The van der Waals surface area contributed by atoms with Crippen LogP contribution in [-0.2, 0) is 11.2 Å². The number of allylic oxidation sites excluding steroid dienone is 2. The topological polar surface area (TPSA) is 38.7 Å². The van der Waals surface area contributed by atoms with Gasteiger partial charge in [-0.25, -0.2) is 0 Å². The smallest absolute Gasteiger partial charge is 0.156 e. The molecule has 0 amide bonds. The molecule has 1 aliphatic rings. The van der Waals surface area contributed by atoms with Crippen LogP contribution in [0.25, 0.3) is 0 Å². The molecule has 3 heteroatoms. The summed E-state index contributed by atoms with van der Waals surface area (Å²) >= 11 is 0. The predicted octanol–water partition coefficient (Wildman–Crippen LogP) is 3.62. The van der Waals surface area contributed by atoms with Gasteiger partial charge in [0, 0.05) is 0 Å². The summed E-state index contributed by atoms with van der Waals surface area (Å²) in [6, 6.07) is 8.11. The molecule has 3 nitrogen and oxygen atoms in total. The quantitative estimate of drug-likeness (QED) is 0.878. The zero-order chi connectivity index (χ0) is 13.7. The zero-order valence-corrected chi connectivity index (χ0v) is 11.4. The van der Waals surface area contributed by atoms with Crippen molar-refractivity contribution in [1.82, 2.24) is 0 Å². The van der Waals surface area contributed by atoms with Crippen molar-refractivity contribution in [2.45, 2.75) is 19.3 Å². The number of benzene rings is 1. The first-order chi connectivity index (χ1) is 9.22. The summed E-state index contributed by atoms with van der Waals surface area (Å²) in [5.41, 5.74) is 1.26. The molecule has 0 aliphatic heterocycles. The molecule has 0 bridgehead atoms. The Balaban J connectivity index is 1.91. The minimum Gasteiger partial charge on any atom is -0.504 e. The molecule has 1 unspecified atom stereocenters. The Morgan fingerprint density at radius 3 is 2.79 bits per heavy atom. The number of aryl methyl sites for hydroxylation is 1. The van der Waals surface area contributed by atoms with E-state index in [-0.39, 0.29) is 5.76 Å². The minimum atomic E-state index is 0.254. The number of hydrogen-bond donors (Lipinski definition) is 1. The fraction of sp³-hybridized carbons (Fsp3) is 0.375. The summed E-state index contributed by atoms with van der Waals surface area (Å²) in [4.78, 5) is 0. The van der Waals surface area contributed by atoms with Crippen molar-refractivity contribution >= 4 is 0 Å². The monoisotopic (exact) mass is 260 g/mol. The van der Waals surface area contributed by atoms with Crippen molar-refractivity contribution in [2.24, 2.45) is 5.92 Å². The van der Waals surface area contributed by atoms with Gasteiger partial charge in [-0.05, 0) is 55.0 Å². The van der Waals surface area contributed by atoms with Crippen molar-refractivity contribution in [3.63, 3.8) is 0 Å². The summed E-state index contributed by atoms with van der Waals surface area (Å²) in [6.45, 7) is 0. The number of ether oxygens (including phenoxy) is 2. The van der Waals surface area contributed by atoms with E-state index >= 15 is 0 Å². The van der Waals surface area contributed by atoms with Crippen LogP contribution >= 0.6 is 0 Å². The van der Waals surface area contributed by atoms with Crippen LogP contribution in [0.1, 0.15) is 18.4 Å². The number of rotatable bonds is 5. The normalized spacial score (nSPS) is 18.5. The molecule has 1 aromatic rings. The van der Waals surface area contributed by atoms with Crippen molar-refractivity contribution in [2.75, 3.05) is 14.2 Å². The highest BCUT2D eigenvalue weighted by atomic mass is 16.5. The summed E-state index contributed by atoms with van der Waals surface area (Å²) < 4.78 is 10.3. The fourth-order valence-electron chi connectivity index (χ4n) is 2.31. The second kappa shape index (κ2) is 6.32. The standard InChI is InChI=1S/C16H20O3/c1-18-14-5-3-4-12(10-14)6-7-13-8-9-16(19-2)15(17)11-13/h3-5,9-11,13,17H,6-8H2,1-2H3. The van der Waals surface area contributed by atoms with Crippen LogP contribution in [0, 0.1) is 5.92 Å². The number of aliphatic hydroxyl groups excluding tert-OH is 1. The van der Waals surface area contributed by atoms with Crippen molar-refractivity contribution < 1.29 is 14.6 Å². The lowest BCUT2D eigenvalue weighted by atomic mass is 9.92. The Hall–Kier alpha value is -1.90. The van der Waals surface area contributed by atoms with Gasteiger partial charge in [0.15, 0.2) is 11.5 Å². The second-order valence-electron chi connectivity index (χ2n) is 4.71. The molecule has 1 atom stereocenters. The first-order valence-electron chi connectivity index (χ1n) is 6.51. The van der Waals surface area contributed by atoms with Crippen LogP contribution in [0.4, 0.5) is 0 Å². The minimum absolute atomic E-state index is 0.254. The van der Waals surface area contributed by atoms with Crippen molar-refractivity contribution in [3.8, 4) is 5.75 Å². The van der Waals surface area contributed by atoms with E-state index in [0.717, 1.165) is 25.0 Å². The summed E-state index contributed by atoms with van der Waals surface area (Å²) in [7, 11) is 3.25. The molecule has 0 saturated heterocycles. The molecular formula is C16H20O3. The second-order valence-corrected chi connectivity index (χ2v) is 4.71. The van der Waals surface area contributed by atoms with Gasteiger partial charge in [-0.3, -0.25) is 0 Å². The largest absolute Gasteiger partial charge is 0.504 e. The lowest BCUT2D eigenvalue weighted by Crippen LogP contribution is -2.07. The molecule has 1 aromatic carbocycles. The third-order valence-corrected chi connectivity index (χ3v) is 3.41. The predicted molar refractivity (Wildman–Crippen MR) is 75.2 cm³/mol. The SMILES string of the molecule is COC1=CCC(CCc2cccc(OC)c2)C=C1O. The Morgan fingerprint density at radius 1 is 1.26 bits per heavy atom. The average Bonchev–Trinajstić information content (AvgIpc) is 2.45. The van der Waals surface area contributed by atoms with Gasteiger partial charge in [0.2, 0.25) is 0 Å². The van der Waals surface area contributed by atoms with Gasteiger partial charge in [-0.15, -0.1) is 0 Å². The highest BCUT2D eigenvalue weighted by Gasteiger charge is 2.15. The van der Waals surface area contributed by atoms with Gasteiger partial charge in [-0.1, -0.05) is 12.1 Å². The van der Waals surface area contributed by atoms with E-state index < -0.39 is 0 Å². The van der Waals surface area contributed by atoms with Crippen LogP contribution in [-0.4, -0.2) is 19.3 Å². The van der Waals surface area contributed by atoms with Gasteiger partial charge >= 0.3 is 0 Å². The van der Waals surface area contributed by atoms with Crippen molar-refractivity contribution in [3.05, 3.63) is 53.5 Å². The number of hydrogen-bond acceptors (Lipinski definition) is 3. The van der Waals surface area contributed by atoms with Crippen LogP contribution in [0.5, 0.6) is 5.75 Å². The molecule has 1 N–H and O–H groups in total. The average molecular weight is 260 g/mol. The highest BCUT2D eigenvalue weighted by molar-refractivity contribution is 5.29. The highest BCUT2D eigenvalue weighted by Crippen LogP contribution is 2.25. The van der Waals surface area contributed by atoms with Crippen LogP contribution in [0.3, 0.4) is 0 Å². The first kappa shape index (κ1) is 13.5. The molecule has 2 rings (SSSR count).